The van der Waals surface area contributed by atoms with Crippen molar-refractivity contribution in [1.82, 2.24) is 5.32 Å². The van der Waals surface area contributed by atoms with Crippen LogP contribution in [0.25, 0.3) is 0 Å². The molecular weight excluding hydrogens is 220 g/mol. The Morgan fingerprint density at radius 1 is 1.33 bits per heavy atom. The van der Waals surface area contributed by atoms with E-state index in [-0.39, 0.29) is 0 Å². The molecule has 2 heteroatoms. The second-order valence-corrected chi connectivity index (χ2v) is 5.78. The van der Waals surface area contributed by atoms with Crippen LogP contribution in [0.4, 0.5) is 0 Å². The van der Waals surface area contributed by atoms with E-state index in [9.17, 15) is 0 Å². The number of hydrogen-bond donors (Lipinski definition) is 2. The van der Waals surface area contributed by atoms with Gasteiger partial charge in [-0.15, -0.1) is 0 Å². The number of aryl methyl sites for hydroxylation is 2. The SMILES string of the molecule is Cc1ccc(C)c(C(C)NC2CCCC2CN)c1. The molecule has 3 unspecified atom stereocenters. The van der Waals surface area contributed by atoms with Gasteiger partial charge in [-0.05, 0) is 57.2 Å². The van der Waals surface area contributed by atoms with Gasteiger partial charge in [0.15, 0.2) is 0 Å². The van der Waals surface area contributed by atoms with Gasteiger partial charge in [-0.25, -0.2) is 0 Å². The molecular formula is C16H26N2. The Labute approximate surface area is 111 Å². The minimum Gasteiger partial charge on any atom is -0.330 e. The molecule has 3 N–H and O–H groups in total. The van der Waals surface area contributed by atoms with Crippen molar-refractivity contribution < 1.29 is 0 Å². The van der Waals surface area contributed by atoms with Gasteiger partial charge >= 0.3 is 0 Å². The predicted octanol–water partition coefficient (Wildman–Crippen LogP) is 3.08. The monoisotopic (exact) mass is 246 g/mol. The van der Waals surface area contributed by atoms with Crippen LogP contribution in [-0.4, -0.2) is 12.6 Å². The zero-order chi connectivity index (χ0) is 13.1. The van der Waals surface area contributed by atoms with Gasteiger partial charge in [0.05, 0.1) is 0 Å². The fraction of sp³-hybridized carbons (Fsp3) is 0.625. The summed E-state index contributed by atoms with van der Waals surface area (Å²) in [6, 6.07) is 7.73. The highest BCUT2D eigenvalue weighted by Gasteiger charge is 2.27. The van der Waals surface area contributed by atoms with E-state index in [4.69, 9.17) is 5.73 Å². The Morgan fingerprint density at radius 3 is 2.83 bits per heavy atom. The second-order valence-electron chi connectivity index (χ2n) is 5.78. The summed E-state index contributed by atoms with van der Waals surface area (Å²) in [4.78, 5) is 0. The molecule has 0 radical (unpaired) electrons. The van der Waals surface area contributed by atoms with Crippen molar-refractivity contribution in [3.63, 3.8) is 0 Å². The Kier molecular flexibility index (Phi) is 4.41. The van der Waals surface area contributed by atoms with Crippen molar-refractivity contribution in [2.24, 2.45) is 11.7 Å². The maximum absolute atomic E-state index is 5.85. The van der Waals surface area contributed by atoms with E-state index >= 15 is 0 Å². The van der Waals surface area contributed by atoms with Crippen molar-refractivity contribution in [2.45, 2.75) is 52.1 Å². The van der Waals surface area contributed by atoms with Crippen LogP contribution in [0, 0.1) is 19.8 Å². The highest BCUT2D eigenvalue weighted by atomic mass is 15.0. The molecule has 3 atom stereocenters. The fourth-order valence-corrected chi connectivity index (χ4v) is 3.18. The third-order valence-electron chi connectivity index (χ3n) is 4.33. The Morgan fingerprint density at radius 2 is 2.11 bits per heavy atom. The molecule has 1 aromatic rings. The maximum atomic E-state index is 5.85. The smallest absolute Gasteiger partial charge is 0.0297 e. The van der Waals surface area contributed by atoms with E-state index in [1.165, 1.54) is 36.0 Å². The highest BCUT2D eigenvalue weighted by molar-refractivity contribution is 5.32. The van der Waals surface area contributed by atoms with Crippen LogP contribution in [0.5, 0.6) is 0 Å². The lowest BCUT2D eigenvalue weighted by Gasteiger charge is -2.25. The molecule has 0 spiro atoms. The molecule has 1 aromatic carbocycles. The molecule has 2 nitrogen and oxygen atoms in total. The van der Waals surface area contributed by atoms with Crippen LogP contribution in [0.2, 0.25) is 0 Å². The zero-order valence-corrected chi connectivity index (χ0v) is 11.9. The Hall–Kier alpha value is -0.860. The molecule has 100 valence electrons. The van der Waals surface area contributed by atoms with E-state index in [2.05, 4.69) is 44.3 Å². The van der Waals surface area contributed by atoms with Gasteiger partial charge < -0.3 is 11.1 Å². The molecule has 1 aliphatic rings. The van der Waals surface area contributed by atoms with Gasteiger partial charge in [-0.2, -0.15) is 0 Å². The van der Waals surface area contributed by atoms with Crippen molar-refractivity contribution >= 4 is 0 Å². The number of benzene rings is 1. The molecule has 0 amide bonds. The largest absolute Gasteiger partial charge is 0.330 e. The molecule has 0 aromatic heterocycles. The van der Waals surface area contributed by atoms with Gasteiger partial charge in [0.1, 0.15) is 0 Å². The van der Waals surface area contributed by atoms with E-state index < -0.39 is 0 Å². The lowest BCUT2D eigenvalue weighted by atomic mass is 9.97. The van der Waals surface area contributed by atoms with Crippen molar-refractivity contribution in [3.05, 3.63) is 34.9 Å². The first-order valence-corrected chi connectivity index (χ1v) is 7.15. The molecule has 1 saturated carbocycles. The zero-order valence-electron chi connectivity index (χ0n) is 11.9. The van der Waals surface area contributed by atoms with Crippen LogP contribution in [-0.2, 0) is 0 Å². The van der Waals surface area contributed by atoms with E-state index in [1.807, 2.05) is 0 Å². The van der Waals surface area contributed by atoms with E-state index in [0.717, 1.165) is 6.54 Å². The summed E-state index contributed by atoms with van der Waals surface area (Å²) < 4.78 is 0. The molecule has 0 heterocycles. The first-order chi connectivity index (χ1) is 8.61. The molecule has 1 fully saturated rings. The van der Waals surface area contributed by atoms with Crippen LogP contribution in [0.3, 0.4) is 0 Å². The Bertz CT molecular complexity index is 400. The quantitative estimate of drug-likeness (QED) is 0.857. The molecule has 0 bridgehead atoms. The molecule has 0 saturated heterocycles. The van der Waals surface area contributed by atoms with E-state index in [1.54, 1.807) is 0 Å². The number of nitrogens with two attached hydrogens (primary N) is 1. The second kappa shape index (κ2) is 5.85. The number of rotatable bonds is 4. The summed E-state index contributed by atoms with van der Waals surface area (Å²) in [5.74, 6) is 0.664. The van der Waals surface area contributed by atoms with Gasteiger partial charge in [0.25, 0.3) is 0 Å². The summed E-state index contributed by atoms with van der Waals surface area (Å²) >= 11 is 0. The lowest BCUT2D eigenvalue weighted by Crippen LogP contribution is -2.37. The van der Waals surface area contributed by atoms with Crippen molar-refractivity contribution in [1.29, 1.82) is 0 Å². The van der Waals surface area contributed by atoms with Gasteiger partial charge in [0, 0.05) is 12.1 Å². The normalized spacial score (nSPS) is 25.3. The Balaban J connectivity index is 2.07. The predicted molar refractivity (Wildman–Crippen MR) is 77.7 cm³/mol. The molecule has 2 rings (SSSR count). The molecule has 1 aliphatic carbocycles. The first-order valence-electron chi connectivity index (χ1n) is 7.15. The van der Waals surface area contributed by atoms with Crippen LogP contribution >= 0.6 is 0 Å². The van der Waals surface area contributed by atoms with Gasteiger partial charge in [0.2, 0.25) is 0 Å². The number of hydrogen-bond acceptors (Lipinski definition) is 2. The average Bonchev–Trinajstić information content (AvgIpc) is 2.79. The minimum absolute atomic E-state index is 0.419. The van der Waals surface area contributed by atoms with Crippen molar-refractivity contribution in [2.75, 3.05) is 6.54 Å². The van der Waals surface area contributed by atoms with Gasteiger partial charge in [-0.3, -0.25) is 0 Å². The topological polar surface area (TPSA) is 38.0 Å². The average molecular weight is 246 g/mol. The molecule has 0 aliphatic heterocycles. The summed E-state index contributed by atoms with van der Waals surface area (Å²) in [5.41, 5.74) is 10.00. The third-order valence-corrected chi connectivity index (χ3v) is 4.33. The fourth-order valence-electron chi connectivity index (χ4n) is 3.18. The van der Waals surface area contributed by atoms with Crippen molar-refractivity contribution in [3.8, 4) is 0 Å². The minimum atomic E-state index is 0.419. The first kappa shape index (κ1) is 13.6. The van der Waals surface area contributed by atoms with Crippen LogP contribution in [0.15, 0.2) is 18.2 Å². The van der Waals surface area contributed by atoms with Gasteiger partial charge in [-0.1, -0.05) is 30.2 Å². The summed E-state index contributed by atoms with van der Waals surface area (Å²) in [7, 11) is 0. The van der Waals surface area contributed by atoms with Crippen LogP contribution in [0.1, 0.15) is 48.9 Å². The maximum Gasteiger partial charge on any atom is 0.0297 e. The summed E-state index contributed by atoms with van der Waals surface area (Å²) in [6.07, 6.45) is 3.88. The lowest BCUT2D eigenvalue weighted by molar-refractivity contribution is 0.373. The van der Waals surface area contributed by atoms with Crippen LogP contribution < -0.4 is 11.1 Å². The highest BCUT2D eigenvalue weighted by Crippen LogP contribution is 2.28. The summed E-state index contributed by atoms with van der Waals surface area (Å²) in [5, 5.41) is 3.78. The molecule has 18 heavy (non-hydrogen) atoms. The van der Waals surface area contributed by atoms with E-state index in [0.29, 0.717) is 18.0 Å². The number of nitrogens with one attached hydrogen (secondary N) is 1. The standard InChI is InChI=1S/C16H26N2/c1-11-7-8-12(2)15(9-11)13(3)18-16-6-4-5-14(16)10-17/h7-9,13-14,16,18H,4-6,10,17H2,1-3H3. The third kappa shape index (κ3) is 2.93. The summed E-state index contributed by atoms with van der Waals surface area (Å²) in [6.45, 7) is 7.45.